The van der Waals surface area contributed by atoms with Gasteiger partial charge in [-0.15, -0.1) is 0 Å². The van der Waals surface area contributed by atoms with Crippen LogP contribution in [-0.2, 0) is 0 Å². The van der Waals surface area contributed by atoms with Crippen molar-refractivity contribution in [2.45, 2.75) is 64.9 Å². The van der Waals surface area contributed by atoms with E-state index in [-0.39, 0.29) is 0 Å². The first-order valence-electron chi connectivity index (χ1n) is 9.74. The lowest BCUT2D eigenvalue weighted by Crippen LogP contribution is -2.33. The maximum absolute atomic E-state index is 6.60. The van der Waals surface area contributed by atoms with Gasteiger partial charge in [0, 0.05) is 17.2 Å². The standard InChI is InChI=1S/C22H28INO/c1-4-16-8-5-6-10-19(16)24(23)20-11-7-9-17-18-13-14(2)12-15(3)21(18)25-22(17)20/h5,7-9,11,14-15,18,21H,4,6,10,12-13H2,1-3H3/t14-,15?,18-,21?/m0/s1. The normalized spacial score (nSPS) is 30.7. The number of hydrogen-bond acceptors (Lipinski definition) is 2. The molecular weight excluding hydrogens is 421 g/mol. The smallest absolute Gasteiger partial charge is 0.147 e. The predicted molar refractivity (Wildman–Crippen MR) is 113 cm³/mol. The fraction of sp³-hybridized carbons (Fsp3) is 0.545. The van der Waals surface area contributed by atoms with Crippen molar-refractivity contribution in [2.24, 2.45) is 11.8 Å². The minimum absolute atomic E-state index is 0.364. The summed E-state index contributed by atoms with van der Waals surface area (Å²) < 4.78 is 8.96. The number of allylic oxidation sites excluding steroid dienone is 4. The van der Waals surface area contributed by atoms with Crippen molar-refractivity contribution in [2.75, 3.05) is 3.11 Å². The van der Waals surface area contributed by atoms with Crippen molar-refractivity contribution >= 4 is 28.6 Å². The summed E-state index contributed by atoms with van der Waals surface area (Å²) in [5, 5.41) is 0. The van der Waals surface area contributed by atoms with E-state index < -0.39 is 0 Å². The number of hydrogen-bond donors (Lipinski definition) is 0. The summed E-state index contributed by atoms with van der Waals surface area (Å²) in [6.45, 7) is 7.01. The SMILES string of the molecule is CCC1=C(N(I)c2cccc3c2OC2C(C)C[C@H](C)C[C@@H]32)CCC=C1. The van der Waals surface area contributed by atoms with Gasteiger partial charge in [0.05, 0.1) is 28.6 Å². The minimum Gasteiger partial charge on any atom is -0.487 e. The summed E-state index contributed by atoms with van der Waals surface area (Å²) >= 11 is 2.48. The van der Waals surface area contributed by atoms with E-state index in [0.717, 1.165) is 30.9 Å². The maximum atomic E-state index is 6.60. The molecule has 4 rings (SSSR count). The second-order valence-electron chi connectivity index (χ2n) is 7.99. The number of fused-ring (bicyclic) bond motifs is 3. The van der Waals surface area contributed by atoms with Crippen LogP contribution in [0.4, 0.5) is 5.69 Å². The fourth-order valence-electron chi connectivity index (χ4n) is 4.98. The zero-order valence-electron chi connectivity index (χ0n) is 15.5. The summed E-state index contributed by atoms with van der Waals surface area (Å²) in [5.41, 5.74) is 5.57. The van der Waals surface area contributed by atoms with Gasteiger partial charge in [-0.25, -0.2) is 0 Å². The number of benzene rings is 1. The average molecular weight is 449 g/mol. The second-order valence-corrected chi connectivity index (χ2v) is 8.95. The molecule has 3 heteroatoms. The first-order chi connectivity index (χ1) is 12.1. The highest BCUT2D eigenvalue weighted by molar-refractivity contribution is 14.1. The van der Waals surface area contributed by atoms with Crippen molar-refractivity contribution in [3.05, 3.63) is 47.2 Å². The topological polar surface area (TPSA) is 12.5 Å². The number of anilines is 1. The Morgan fingerprint density at radius 3 is 2.88 bits per heavy atom. The van der Waals surface area contributed by atoms with Crippen molar-refractivity contribution in [3.8, 4) is 5.75 Å². The van der Waals surface area contributed by atoms with Gasteiger partial charge in [-0.2, -0.15) is 0 Å². The first-order valence-corrected chi connectivity index (χ1v) is 10.7. The van der Waals surface area contributed by atoms with Crippen LogP contribution in [0.5, 0.6) is 5.75 Å². The highest BCUT2D eigenvalue weighted by atomic mass is 127. The summed E-state index contributed by atoms with van der Waals surface area (Å²) in [6.07, 6.45) is 10.9. The van der Waals surface area contributed by atoms with Crippen LogP contribution < -0.4 is 7.85 Å². The Morgan fingerprint density at radius 2 is 2.08 bits per heavy atom. The van der Waals surface area contributed by atoms with Crippen molar-refractivity contribution < 1.29 is 4.74 Å². The molecule has 134 valence electrons. The molecule has 1 aliphatic heterocycles. The fourth-order valence-corrected chi connectivity index (χ4v) is 5.91. The average Bonchev–Trinajstić information content (AvgIpc) is 3.00. The van der Waals surface area contributed by atoms with Crippen molar-refractivity contribution in [3.63, 3.8) is 0 Å². The maximum Gasteiger partial charge on any atom is 0.147 e. The Balaban J connectivity index is 1.72. The largest absolute Gasteiger partial charge is 0.487 e. The number of nitrogens with zero attached hydrogens (tertiary/aromatic N) is 1. The summed E-state index contributed by atoms with van der Waals surface area (Å²) in [5.74, 6) is 3.15. The monoisotopic (exact) mass is 449 g/mol. The lowest BCUT2D eigenvalue weighted by atomic mass is 9.73. The zero-order chi connectivity index (χ0) is 17.6. The van der Waals surface area contributed by atoms with Gasteiger partial charge in [-0.05, 0) is 55.6 Å². The third kappa shape index (κ3) is 3.02. The number of rotatable bonds is 3. The lowest BCUT2D eigenvalue weighted by molar-refractivity contribution is 0.0870. The molecule has 1 heterocycles. The Labute approximate surface area is 165 Å². The molecule has 3 aliphatic rings. The van der Waals surface area contributed by atoms with Gasteiger partial charge in [0.1, 0.15) is 11.9 Å². The van der Waals surface area contributed by atoms with Crippen LogP contribution in [-0.4, -0.2) is 6.10 Å². The lowest BCUT2D eigenvalue weighted by Gasteiger charge is -2.34. The van der Waals surface area contributed by atoms with Gasteiger partial charge in [-0.1, -0.05) is 45.1 Å². The van der Waals surface area contributed by atoms with Crippen molar-refractivity contribution in [1.29, 1.82) is 0 Å². The molecule has 0 radical (unpaired) electrons. The molecule has 2 unspecified atom stereocenters. The highest BCUT2D eigenvalue weighted by Gasteiger charge is 2.43. The molecule has 0 N–H and O–H groups in total. The molecule has 1 aromatic rings. The van der Waals surface area contributed by atoms with E-state index in [4.69, 9.17) is 4.74 Å². The quantitative estimate of drug-likeness (QED) is 0.373. The van der Waals surface area contributed by atoms with Crippen LogP contribution in [0.15, 0.2) is 41.6 Å². The molecule has 4 atom stereocenters. The van der Waals surface area contributed by atoms with E-state index in [1.807, 2.05) is 0 Å². The number of ether oxygens (including phenoxy) is 1. The van der Waals surface area contributed by atoms with Crippen LogP contribution >= 0.6 is 22.9 Å². The van der Waals surface area contributed by atoms with E-state index in [0.29, 0.717) is 17.9 Å². The second kappa shape index (κ2) is 6.98. The molecule has 2 aliphatic carbocycles. The highest BCUT2D eigenvalue weighted by Crippen LogP contribution is 2.53. The molecule has 0 spiro atoms. The Kier molecular flexibility index (Phi) is 4.87. The van der Waals surface area contributed by atoms with Crippen LogP contribution in [0.25, 0.3) is 0 Å². The van der Waals surface area contributed by atoms with Gasteiger partial charge >= 0.3 is 0 Å². The van der Waals surface area contributed by atoms with Crippen LogP contribution in [0.3, 0.4) is 0 Å². The molecule has 1 aromatic carbocycles. The molecule has 2 nitrogen and oxygen atoms in total. The Bertz CT molecular complexity index is 723. The molecule has 0 saturated heterocycles. The third-order valence-electron chi connectivity index (χ3n) is 6.13. The van der Waals surface area contributed by atoms with E-state index >= 15 is 0 Å². The summed E-state index contributed by atoms with van der Waals surface area (Å²) in [4.78, 5) is 0. The van der Waals surface area contributed by atoms with Crippen LogP contribution in [0.2, 0.25) is 0 Å². The van der Waals surface area contributed by atoms with Gasteiger partial charge in [0.15, 0.2) is 0 Å². The van der Waals surface area contributed by atoms with Gasteiger partial charge < -0.3 is 4.74 Å². The molecule has 0 aromatic heterocycles. The molecule has 0 bridgehead atoms. The van der Waals surface area contributed by atoms with Crippen molar-refractivity contribution in [1.82, 2.24) is 0 Å². The predicted octanol–water partition coefficient (Wildman–Crippen LogP) is 6.77. The summed E-state index contributed by atoms with van der Waals surface area (Å²) in [7, 11) is 0. The third-order valence-corrected chi connectivity index (χ3v) is 7.23. The van der Waals surface area contributed by atoms with E-state index in [1.165, 1.54) is 35.4 Å². The zero-order valence-corrected chi connectivity index (χ0v) is 17.6. The van der Waals surface area contributed by atoms with E-state index in [9.17, 15) is 0 Å². The van der Waals surface area contributed by atoms with Crippen LogP contribution in [0.1, 0.15) is 64.4 Å². The molecule has 0 amide bonds. The number of para-hydroxylation sites is 1. The van der Waals surface area contributed by atoms with Crippen LogP contribution in [0, 0.1) is 11.8 Å². The first kappa shape index (κ1) is 17.4. The minimum atomic E-state index is 0.364. The molecule has 1 fully saturated rings. The van der Waals surface area contributed by atoms with Gasteiger partial charge in [-0.3, -0.25) is 3.11 Å². The summed E-state index contributed by atoms with van der Waals surface area (Å²) in [6, 6.07) is 6.75. The Hall–Kier alpha value is -0.970. The van der Waals surface area contributed by atoms with E-state index in [1.54, 1.807) is 0 Å². The van der Waals surface area contributed by atoms with Gasteiger partial charge in [0.2, 0.25) is 0 Å². The molecule has 1 saturated carbocycles. The molecule has 25 heavy (non-hydrogen) atoms. The van der Waals surface area contributed by atoms with Gasteiger partial charge in [0.25, 0.3) is 0 Å². The molecular formula is C22H28INO. The number of halogens is 1. The Morgan fingerprint density at radius 1 is 1.24 bits per heavy atom. The van der Waals surface area contributed by atoms with E-state index in [2.05, 4.69) is 77.1 Å².